The van der Waals surface area contributed by atoms with E-state index in [1.54, 1.807) is 12.1 Å². The highest BCUT2D eigenvalue weighted by molar-refractivity contribution is 7.80. The Morgan fingerprint density at radius 2 is 1.86 bits per heavy atom. The highest BCUT2D eigenvalue weighted by Crippen LogP contribution is 2.13. The highest BCUT2D eigenvalue weighted by atomic mass is 32.1. The van der Waals surface area contributed by atoms with Crippen molar-refractivity contribution in [1.82, 2.24) is 0 Å². The van der Waals surface area contributed by atoms with Crippen LogP contribution in [0, 0.1) is 5.82 Å². The number of nitrogens with zero attached hydrogens (tertiary/aromatic N) is 1. The van der Waals surface area contributed by atoms with E-state index in [1.807, 2.05) is 7.05 Å². The van der Waals surface area contributed by atoms with Crippen molar-refractivity contribution >= 4 is 18.3 Å². The lowest BCUT2D eigenvalue weighted by Gasteiger charge is -2.18. The normalized spacial score (nSPS) is 10.2. The minimum Gasteiger partial charge on any atom is -0.375 e. The van der Waals surface area contributed by atoms with Gasteiger partial charge in [0.05, 0.1) is 0 Å². The molecular formula is C11H16FNS. The molecule has 1 aromatic carbocycles. The summed E-state index contributed by atoms with van der Waals surface area (Å²) in [6.45, 7) is 0.992. The van der Waals surface area contributed by atoms with Crippen LogP contribution in [0.25, 0.3) is 0 Å². The molecule has 3 heteroatoms. The molecule has 0 unspecified atom stereocenters. The second-order valence-corrected chi connectivity index (χ2v) is 3.78. The number of rotatable bonds is 5. The monoisotopic (exact) mass is 213 g/mol. The van der Waals surface area contributed by atoms with Crippen LogP contribution >= 0.6 is 12.6 Å². The number of anilines is 1. The first kappa shape index (κ1) is 11.4. The van der Waals surface area contributed by atoms with E-state index < -0.39 is 0 Å². The van der Waals surface area contributed by atoms with E-state index in [0.717, 1.165) is 30.8 Å². The SMILES string of the molecule is CN(CCCCS)c1ccc(F)cc1. The Morgan fingerprint density at radius 3 is 2.43 bits per heavy atom. The molecule has 0 radical (unpaired) electrons. The molecule has 0 heterocycles. The molecule has 0 N–H and O–H groups in total. The van der Waals surface area contributed by atoms with Gasteiger partial charge in [-0.1, -0.05) is 0 Å². The van der Waals surface area contributed by atoms with Crippen LogP contribution < -0.4 is 4.90 Å². The Labute approximate surface area is 90.3 Å². The first-order valence-electron chi connectivity index (χ1n) is 4.81. The standard InChI is InChI=1S/C11H16FNS/c1-13(8-2-3-9-14)11-6-4-10(12)5-7-11/h4-7,14H,2-3,8-9H2,1H3. The Balaban J connectivity index is 2.43. The van der Waals surface area contributed by atoms with Gasteiger partial charge in [-0.3, -0.25) is 0 Å². The lowest BCUT2D eigenvalue weighted by atomic mass is 10.2. The third-order valence-corrected chi connectivity index (χ3v) is 2.49. The van der Waals surface area contributed by atoms with E-state index in [9.17, 15) is 4.39 Å². The zero-order valence-electron chi connectivity index (χ0n) is 8.41. The van der Waals surface area contributed by atoms with Crippen molar-refractivity contribution in [1.29, 1.82) is 0 Å². The largest absolute Gasteiger partial charge is 0.375 e. The maximum Gasteiger partial charge on any atom is 0.123 e. The van der Waals surface area contributed by atoms with Gasteiger partial charge >= 0.3 is 0 Å². The third-order valence-electron chi connectivity index (χ3n) is 2.17. The number of hydrogen-bond acceptors (Lipinski definition) is 2. The number of hydrogen-bond donors (Lipinski definition) is 1. The van der Waals surface area contributed by atoms with E-state index in [2.05, 4.69) is 17.5 Å². The molecule has 0 aliphatic rings. The van der Waals surface area contributed by atoms with Gasteiger partial charge in [-0.15, -0.1) is 0 Å². The summed E-state index contributed by atoms with van der Waals surface area (Å²) in [4.78, 5) is 2.13. The predicted octanol–water partition coefficient (Wildman–Crippen LogP) is 2.97. The van der Waals surface area contributed by atoms with Crippen LogP contribution in [0.15, 0.2) is 24.3 Å². The molecule has 1 aromatic rings. The van der Waals surface area contributed by atoms with Gasteiger partial charge in [0.25, 0.3) is 0 Å². The summed E-state index contributed by atoms with van der Waals surface area (Å²) in [5, 5.41) is 0. The molecule has 0 aliphatic heterocycles. The lowest BCUT2D eigenvalue weighted by Crippen LogP contribution is -2.18. The number of halogens is 1. The topological polar surface area (TPSA) is 3.24 Å². The van der Waals surface area contributed by atoms with Gasteiger partial charge in [-0.25, -0.2) is 4.39 Å². The zero-order valence-corrected chi connectivity index (χ0v) is 9.30. The van der Waals surface area contributed by atoms with Crippen LogP contribution in [-0.2, 0) is 0 Å². The second kappa shape index (κ2) is 5.91. The lowest BCUT2D eigenvalue weighted by molar-refractivity contribution is 0.627. The average Bonchev–Trinajstić information content (AvgIpc) is 2.19. The van der Waals surface area contributed by atoms with E-state index in [1.165, 1.54) is 12.1 Å². The molecule has 0 saturated heterocycles. The van der Waals surface area contributed by atoms with Crippen LogP contribution in [0.4, 0.5) is 10.1 Å². The molecule has 0 bridgehead atoms. The van der Waals surface area contributed by atoms with Crippen LogP contribution in [-0.4, -0.2) is 19.3 Å². The fourth-order valence-electron chi connectivity index (χ4n) is 1.29. The molecule has 0 fully saturated rings. The summed E-state index contributed by atoms with van der Waals surface area (Å²) in [5.74, 6) is 0.745. The predicted molar refractivity (Wildman–Crippen MR) is 62.8 cm³/mol. The quantitative estimate of drug-likeness (QED) is 0.581. The van der Waals surface area contributed by atoms with Crippen molar-refractivity contribution in [2.45, 2.75) is 12.8 Å². The molecule has 14 heavy (non-hydrogen) atoms. The van der Waals surface area contributed by atoms with Gasteiger partial charge in [0.15, 0.2) is 0 Å². The van der Waals surface area contributed by atoms with Crippen molar-refractivity contribution < 1.29 is 4.39 Å². The smallest absolute Gasteiger partial charge is 0.123 e. The van der Waals surface area contributed by atoms with Crippen molar-refractivity contribution in [3.63, 3.8) is 0 Å². The second-order valence-electron chi connectivity index (χ2n) is 3.33. The molecule has 78 valence electrons. The van der Waals surface area contributed by atoms with Crippen LogP contribution in [0.3, 0.4) is 0 Å². The first-order chi connectivity index (χ1) is 6.74. The summed E-state index contributed by atoms with van der Waals surface area (Å²) in [6, 6.07) is 6.58. The van der Waals surface area contributed by atoms with E-state index >= 15 is 0 Å². The molecule has 0 spiro atoms. The molecule has 0 aliphatic carbocycles. The maximum atomic E-state index is 12.6. The first-order valence-corrected chi connectivity index (χ1v) is 5.45. The molecule has 0 amide bonds. The Morgan fingerprint density at radius 1 is 1.21 bits per heavy atom. The van der Waals surface area contributed by atoms with Gasteiger partial charge in [0.1, 0.15) is 5.82 Å². The number of unbranched alkanes of at least 4 members (excludes halogenated alkanes) is 1. The maximum absolute atomic E-state index is 12.6. The van der Waals surface area contributed by atoms with Gasteiger partial charge in [-0.2, -0.15) is 12.6 Å². The van der Waals surface area contributed by atoms with Crippen LogP contribution in [0.5, 0.6) is 0 Å². The third kappa shape index (κ3) is 3.58. The fraction of sp³-hybridized carbons (Fsp3) is 0.455. The van der Waals surface area contributed by atoms with Crippen LogP contribution in [0.2, 0.25) is 0 Å². The van der Waals surface area contributed by atoms with Crippen molar-refractivity contribution in [2.75, 3.05) is 24.2 Å². The van der Waals surface area contributed by atoms with E-state index in [0.29, 0.717) is 0 Å². The number of benzene rings is 1. The highest BCUT2D eigenvalue weighted by Gasteiger charge is 1.99. The van der Waals surface area contributed by atoms with E-state index in [4.69, 9.17) is 0 Å². The molecular weight excluding hydrogens is 197 g/mol. The van der Waals surface area contributed by atoms with Crippen molar-refractivity contribution in [2.24, 2.45) is 0 Å². The Hall–Kier alpha value is -0.700. The minimum atomic E-state index is -0.183. The van der Waals surface area contributed by atoms with Gasteiger partial charge in [-0.05, 0) is 42.9 Å². The summed E-state index contributed by atoms with van der Waals surface area (Å²) < 4.78 is 12.6. The van der Waals surface area contributed by atoms with E-state index in [-0.39, 0.29) is 5.82 Å². The van der Waals surface area contributed by atoms with Crippen LogP contribution in [0.1, 0.15) is 12.8 Å². The average molecular weight is 213 g/mol. The summed E-state index contributed by atoms with van der Waals surface area (Å²) in [5.41, 5.74) is 1.06. The van der Waals surface area contributed by atoms with Crippen molar-refractivity contribution in [3.05, 3.63) is 30.1 Å². The van der Waals surface area contributed by atoms with Gasteiger partial charge in [0.2, 0.25) is 0 Å². The molecule has 1 rings (SSSR count). The van der Waals surface area contributed by atoms with Crippen molar-refractivity contribution in [3.8, 4) is 0 Å². The fourth-order valence-corrected chi connectivity index (χ4v) is 1.51. The van der Waals surface area contributed by atoms with Gasteiger partial charge in [0, 0.05) is 19.3 Å². The minimum absolute atomic E-state index is 0.183. The molecule has 1 nitrogen and oxygen atoms in total. The zero-order chi connectivity index (χ0) is 10.4. The summed E-state index contributed by atoms with van der Waals surface area (Å²) in [7, 11) is 2.02. The van der Waals surface area contributed by atoms with Gasteiger partial charge < -0.3 is 4.90 Å². The summed E-state index contributed by atoms with van der Waals surface area (Å²) >= 11 is 4.16. The molecule has 0 saturated carbocycles. The Bertz CT molecular complexity index is 260. The Kier molecular flexibility index (Phi) is 4.80. The summed E-state index contributed by atoms with van der Waals surface area (Å²) in [6.07, 6.45) is 2.24. The molecule has 0 aromatic heterocycles. The molecule has 0 atom stereocenters. The number of thiol groups is 1.